The van der Waals surface area contributed by atoms with E-state index in [-0.39, 0.29) is 0 Å². The highest BCUT2D eigenvalue weighted by Gasteiger charge is 2.42. The summed E-state index contributed by atoms with van der Waals surface area (Å²) in [6.07, 6.45) is 9.94. The van der Waals surface area contributed by atoms with Gasteiger partial charge >= 0.3 is 0 Å². The molecule has 2 unspecified atom stereocenters. The van der Waals surface area contributed by atoms with Crippen LogP contribution in [0, 0.1) is 11.8 Å². The van der Waals surface area contributed by atoms with Gasteiger partial charge in [0.25, 0.3) is 0 Å². The van der Waals surface area contributed by atoms with Gasteiger partial charge in [-0.15, -0.1) is 0 Å². The van der Waals surface area contributed by atoms with Crippen molar-refractivity contribution >= 4 is 0 Å². The average molecular weight is 174 g/mol. The Balaban J connectivity index is 1.94. The zero-order valence-corrected chi connectivity index (χ0v) is 8.31. The van der Waals surface area contributed by atoms with Gasteiger partial charge in [-0.2, -0.15) is 0 Å². The molecule has 0 heterocycles. The van der Waals surface area contributed by atoms with Crippen LogP contribution < -0.4 is 0 Å². The molecule has 0 N–H and O–H groups in total. The molecule has 0 aromatic carbocycles. The molecule has 0 saturated heterocycles. The van der Waals surface area contributed by atoms with Crippen molar-refractivity contribution < 1.29 is 0 Å². The molecule has 0 spiro atoms. The summed E-state index contributed by atoms with van der Waals surface area (Å²) in [5, 5.41) is 0. The summed E-state index contributed by atoms with van der Waals surface area (Å²) < 4.78 is 0. The fourth-order valence-electron chi connectivity index (χ4n) is 3.67. The van der Waals surface area contributed by atoms with E-state index in [9.17, 15) is 0 Å². The zero-order chi connectivity index (χ0) is 8.84. The van der Waals surface area contributed by atoms with E-state index < -0.39 is 0 Å². The minimum atomic E-state index is 0.955. The monoisotopic (exact) mass is 174 g/mol. The van der Waals surface area contributed by atoms with E-state index in [1.165, 1.54) is 50.5 Å². The molecule has 0 aliphatic heterocycles. The Bertz CT molecular complexity index is 282. The molecule has 3 rings (SSSR count). The summed E-state index contributed by atoms with van der Waals surface area (Å²) in [5.41, 5.74) is 5.04. The van der Waals surface area contributed by atoms with Crippen LogP contribution in [0.5, 0.6) is 0 Å². The molecular formula is C13H18. The minimum Gasteiger partial charge on any atom is -0.0955 e. The number of rotatable bonds is 0. The van der Waals surface area contributed by atoms with Crippen LogP contribution in [0.25, 0.3) is 0 Å². The molecule has 0 amide bonds. The summed E-state index contributed by atoms with van der Waals surface area (Å²) in [6, 6.07) is 0. The summed E-state index contributed by atoms with van der Waals surface area (Å²) >= 11 is 0. The molecule has 3 aliphatic rings. The van der Waals surface area contributed by atoms with Crippen LogP contribution in [0.15, 0.2) is 23.3 Å². The molecular weight excluding hydrogens is 156 g/mol. The number of hydrogen-bond acceptors (Lipinski definition) is 0. The van der Waals surface area contributed by atoms with Gasteiger partial charge in [-0.3, -0.25) is 0 Å². The van der Waals surface area contributed by atoms with Gasteiger partial charge in [-0.1, -0.05) is 30.6 Å². The maximum atomic E-state index is 4.23. The van der Waals surface area contributed by atoms with Crippen LogP contribution in [-0.4, -0.2) is 0 Å². The highest BCUT2D eigenvalue weighted by atomic mass is 14.5. The molecule has 0 nitrogen and oxygen atoms in total. The van der Waals surface area contributed by atoms with Gasteiger partial charge in [0, 0.05) is 0 Å². The van der Waals surface area contributed by atoms with Crippen LogP contribution in [-0.2, 0) is 0 Å². The van der Waals surface area contributed by atoms with Crippen molar-refractivity contribution in [2.75, 3.05) is 0 Å². The SMILES string of the molecule is C=C1CCCC2=C1C1CCCCC21. The molecule has 3 aliphatic carbocycles. The standard InChI is InChI=1S/C13H18/c1-9-5-4-8-12-10-6-2-3-7-11(10)13(9)12/h10-11H,1-8H2. The van der Waals surface area contributed by atoms with Gasteiger partial charge in [0.05, 0.1) is 0 Å². The molecule has 0 radical (unpaired) electrons. The molecule has 0 bridgehead atoms. The fraction of sp³-hybridized carbons (Fsp3) is 0.692. The van der Waals surface area contributed by atoms with Crippen molar-refractivity contribution in [3.05, 3.63) is 23.3 Å². The first kappa shape index (κ1) is 7.84. The topological polar surface area (TPSA) is 0 Å². The third-order valence-electron chi connectivity index (χ3n) is 4.24. The van der Waals surface area contributed by atoms with Gasteiger partial charge in [0.1, 0.15) is 0 Å². The zero-order valence-electron chi connectivity index (χ0n) is 8.31. The molecule has 1 saturated carbocycles. The van der Waals surface area contributed by atoms with Crippen LogP contribution >= 0.6 is 0 Å². The predicted molar refractivity (Wildman–Crippen MR) is 55.5 cm³/mol. The molecule has 0 aromatic heterocycles. The summed E-state index contributed by atoms with van der Waals surface area (Å²) in [4.78, 5) is 0. The molecule has 0 heteroatoms. The highest BCUT2D eigenvalue weighted by Crippen LogP contribution is 2.55. The van der Waals surface area contributed by atoms with Gasteiger partial charge < -0.3 is 0 Å². The first-order chi connectivity index (χ1) is 6.38. The van der Waals surface area contributed by atoms with Crippen molar-refractivity contribution in [1.29, 1.82) is 0 Å². The Hall–Kier alpha value is -0.520. The summed E-state index contributed by atoms with van der Waals surface area (Å²) in [7, 11) is 0. The van der Waals surface area contributed by atoms with E-state index in [0.29, 0.717) is 0 Å². The van der Waals surface area contributed by atoms with Crippen LogP contribution in [0.4, 0.5) is 0 Å². The van der Waals surface area contributed by atoms with Crippen molar-refractivity contribution in [1.82, 2.24) is 0 Å². The second kappa shape index (κ2) is 2.73. The molecule has 13 heavy (non-hydrogen) atoms. The van der Waals surface area contributed by atoms with Crippen molar-refractivity contribution in [3.63, 3.8) is 0 Å². The normalized spacial score (nSPS) is 38.0. The lowest BCUT2D eigenvalue weighted by atomic mass is 9.56. The maximum absolute atomic E-state index is 4.23. The van der Waals surface area contributed by atoms with Gasteiger partial charge in [-0.05, 0) is 49.5 Å². The Labute approximate surface area is 80.7 Å². The van der Waals surface area contributed by atoms with Gasteiger partial charge in [0.15, 0.2) is 0 Å². The predicted octanol–water partition coefficient (Wildman–Crippen LogP) is 3.84. The number of allylic oxidation sites excluding steroid dienone is 3. The Kier molecular flexibility index (Phi) is 1.65. The van der Waals surface area contributed by atoms with Crippen LogP contribution in [0.2, 0.25) is 0 Å². The first-order valence-corrected chi connectivity index (χ1v) is 5.79. The summed E-state index contributed by atoms with van der Waals surface area (Å²) in [6.45, 7) is 4.23. The van der Waals surface area contributed by atoms with Gasteiger partial charge in [0.2, 0.25) is 0 Å². The van der Waals surface area contributed by atoms with Crippen LogP contribution in [0.3, 0.4) is 0 Å². The fourth-order valence-corrected chi connectivity index (χ4v) is 3.67. The van der Waals surface area contributed by atoms with Crippen LogP contribution in [0.1, 0.15) is 44.9 Å². The van der Waals surface area contributed by atoms with E-state index in [0.717, 1.165) is 11.8 Å². The lowest BCUT2D eigenvalue weighted by molar-refractivity contribution is 0.249. The van der Waals surface area contributed by atoms with Gasteiger partial charge in [-0.25, -0.2) is 0 Å². The Morgan fingerprint density at radius 1 is 0.923 bits per heavy atom. The molecule has 0 aromatic rings. The molecule has 2 atom stereocenters. The smallest absolute Gasteiger partial charge is 0.00939 e. The Morgan fingerprint density at radius 3 is 2.54 bits per heavy atom. The maximum Gasteiger partial charge on any atom is -0.00939 e. The van der Waals surface area contributed by atoms with E-state index in [1.807, 2.05) is 5.57 Å². The largest absolute Gasteiger partial charge is 0.0955 e. The van der Waals surface area contributed by atoms with Crippen molar-refractivity contribution in [2.45, 2.75) is 44.9 Å². The van der Waals surface area contributed by atoms with Crippen molar-refractivity contribution in [3.8, 4) is 0 Å². The third kappa shape index (κ3) is 0.978. The molecule has 70 valence electrons. The number of hydrogen-bond donors (Lipinski definition) is 0. The highest BCUT2D eigenvalue weighted by molar-refractivity contribution is 5.47. The lowest BCUT2D eigenvalue weighted by Gasteiger charge is -2.48. The van der Waals surface area contributed by atoms with E-state index in [4.69, 9.17) is 0 Å². The average Bonchev–Trinajstić information content (AvgIpc) is 2.14. The van der Waals surface area contributed by atoms with E-state index in [1.54, 1.807) is 5.57 Å². The Morgan fingerprint density at radius 2 is 1.69 bits per heavy atom. The van der Waals surface area contributed by atoms with E-state index in [2.05, 4.69) is 6.58 Å². The third-order valence-corrected chi connectivity index (χ3v) is 4.24. The second-order valence-corrected chi connectivity index (χ2v) is 4.89. The first-order valence-electron chi connectivity index (χ1n) is 5.79. The van der Waals surface area contributed by atoms with Crippen molar-refractivity contribution in [2.24, 2.45) is 11.8 Å². The number of fused-ring (bicyclic) bond motifs is 3. The quantitative estimate of drug-likeness (QED) is 0.523. The second-order valence-electron chi connectivity index (χ2n) is 4.89. The summed E-state index contributed by atoms with van der Waals surface area (Å²) in [5.74, 6) is 1.96. The lowest BCUT2D eigenvalue weighted by Crippen LogP contribution is -2.36. The van der Waals surface area contributed by atoms with E-state index >= 15 is 0 Å². The molecule has 1 fully saturated rings. The minimum absolute atomic E-state index is 0.955.